The van der Waals surface area contributed by atoms with E-state index in [4.69, 9.17) is 0 Å². The lowest BCUT2D eigenvalue weighted by Crippen LogP contribution is -2.06. The average Bonchev–Trinajstić information content (AvgIpc) is 2.68. The van der Waals surface area contributed by atoms with Gasteiger partial charge in [-0.1, -0.05) is 20.8 Å². The fourth-order valence-corrected chi connectivity index (χ4v) is 3.66. The Kier molecular flexibility index (Phi) is 0.832. The van der Waals surface area contributed by atoms with Gasteiger partial charge in [0.05, 0.1) is 0 Å². The van der Waals surface area contributed by atoms with Gasteiger partial charge in [0.15, 0.2) is 0 Å². The second-order valence-electron chi connectivity index (χ2n) is 6.03. The Hall–Kier alpha value is 0. The van der Waals surface area contributed by atoms with Crippen LogP contribution in [0.2, 0.25) is 0 Å². The number of rotatable bonds is 0. The highest BCUT2D eigenvalue weighted by molar-refractivity contribution is 5.17. The van der Waals surface area contributed by atoms with E-state index in [1.165, 1.54) is 0 Å². The molecule has 3 aliphatic rings. The molecule has 0 N–H and O–H groups in total. The summed E-state index contributed by atoms with van der Waals surface area (Å²) in [5, 5.41) is 0. The molecule has 1 unspecified atom stereocenters. The Morgan fingerprint density at radius 1 is 1.00 bits per heavy atom. The summed E-state index contributed by atoms with van der Waals surface area (Å²) in [5.41, 5.74) is 1.55. The highest BCUT2D eigenvalue weighted by Crippen LogP contribution is 2.76. The largest absolute Gasteiger partial charge is 0.0594 e. The Morgan fingerprint density at radius 2 is 1.73 bits per heavy atom. The van der Waals surface area contributed by atoms with Crippen molar-refractivity contribution in [2.45, 2.75) is 40.0 Å². The Balaban J connectivity index is 1.85. The molecule has 4 atom stereocenters. The zero-order valence-corrected chi connectivity index (χ0v) is 7.85. The number of fused-ring (bicyclic) bond motifs is 2. The highest BCUT2D eigenvalue weighted by Gasteiger charge is 2.68. The lowest BCUT2D eigenvalue weighted by atomic mass is 9.90. The van der Waals surface area contributed by atoms with Crippen LogP contribution in [0.25, 0.3) is 0 Å². The standard InChI is InChI=1S/C11H18/c1-10(2)8-4-7-5-11(7,3)6-9(8)10/h7-9H,4-6H2,1-3H3/t7?,8-,9+,11-/m1/s1. The van der Waals surface area contributed by atoms with Crippen LogP contribution in [0.3, 0.4) is 0 Å². The second kappa shape index (κ2) is 1.41. The highest BCUT2D eigenvalue weighted by atomic mass is 14.7. The molecule has 0 heteroatoms. The summed E-state index contributed by atoms with van der Waals surface area (Å²) in [6.45, 7) is 7.44. The summed E-state index contributed by atoms with van der Waals surface area (Å²) in [6.07, 6.45) is 4.67. The van der Waals surface area contributed by atoms with Crippen LogP contribution in [-0.2, 0) is 0 Å². The molecule has 0 nitrogen and oxygen atoms in total. The van der Waals surface area contributed by atoms with E-state index >= 15 is 0 Å². The maximum absolute atomic E-state index is 2.50. The van der Waals surface area contributed by atoms with Crippen LogP contribution >= 0.6 is 0 Å². The minimum Gasteiger partial charge on any atom is -0.0594 e. The molecule has 0 aromatic rings. The molecule has 11 heavy (non-hydrogen) atoms. The summed E-state index contributed by atoms with van der Waals surface area (Å²) < 4.78 is 0. The van der Waals surface area contributed by atoms with Crippen molar-refractivity contribution < 1.29 is 0 Å². The number of hydrogen-bond acceptors (Lipinski definition) is 0. The van der Waals surface area contributed by atoms with Gasteiger partial charge in [-0.2, -0.15) is 0 Å². The van der Waals surface area contributed by atoms with Crippen LogP contribution in [0.4, 0.5) is 0 Å². The molecule has 3 fully saturated rings. The van der Waals surface area contributed by atoms with Gasteiger partial charge in [-0.25, -0.2) is 0 Å². The third-order valence-corrected chi connectivity index (χ3v) is 5.05. The van der Waals surface area contributed by atoms with Crippen molar-refractivity contribution in [3.05, 3.63) is 0 Å². The molecular formula is C11H18. The van der Waals surface area contributed by atoms with Gasteiger partial charge < -0.3 is 0 Å². The summed E-state index contributed by atoms with van der Waals surface area (Å²) in [6, 6.07) is 0. The molecule has 3 saturated carbocycles. The molecular weight excluding hydrogens is 132 g/mol. The third-order valence-electron chi connectivity index (χ3n) is 5.05. The number of hydrogen-bond donors (Lipinski definition) is 0. The van der Waals surface area contributed by atoms with Crippen molar-refractivity contribution in [1.82, 2.24) is 0 Å². The molecule has 0 spiro atoms. The SMILES string of the molecule is CC1(C)[C@@H]2CC3C[C@]3(C)C[C@@H]21. The summed E-state index contributed by atoms with van der Waals surface area (Å²) in [7, 11) is 0. The summed E-state index contributed by atoms with van der Waals surface area (Å²) in [5.74, 6) is 3.35. The Bertz CT molecular complexity index is 216. The maximum atomic E-state index is 2.50. The van der Waals surface area contributed by atoms with E-state index in [0.29, 0.717) is 0 Å². The first-order valence-electron chi connectivity index (χ1n) is 5.04. The predicted octanol–water partition coefficient (Wildman–Crippen LogP) is 3.08. The second-order valence-corrected chi connectivity index (χ2v) is 6.03. The minimum absolute atomic E-state index is 0.733. The molecule has 62 valence electrons. The molecule has 3 aliphatic carbocycles. The Morgan fingerprint density at radius 3 is 2.36 bits per heavy atom. The molecule has 0 heterocycles. The van der Waals surface area contributed by atoms with Gasteiger partial charge in [0, 0.05) is 0 Å². The molecule has 0 aliphatic heterocycles. The van der Waals surface area contributed by atoms with Crippen LogP contribution < -0.4 is 0 Å². The Labute approximate surface area is 69.4 Å². The maximum Gasteiger partial charge on any atom is -0.0291 e. The first-order valence-corrected chi connectivity index (χ1v) is 5.04. The van der Waals surface area contributed by atoms with Gasteiger partial charge in [0.1, 0.15) is 0 Å². The van der Waals surface area contributed by atoms with Crippen molar-refractivity contribution in [2.75, 3.05) is 0 Å². The zero-order chi connectivity index (χ0) is 7.85. The van der Waals surface area contributed by atoms with Crippen molar-refractivity contribution in [2.24, 2.45) is 28.6 Å². The summed E-state index contributed by atoms with van der Waals surface area (Å²) in [4.78, 5) is 0. The molecule has 0 bridgehead atoms. The molecule has 0 aromatic heterocycles. The molecule has 0 radical (unpaired) electrons. The van der Waals surface area contributed by atoms with Crippen LogP contribution in [0, 0.1) is 28.6 Å². The van der Waals surface area contributed by atoms with Gasteiger partial charge in [-0.3, -0.25) is 0 Å². The van der Waals surface area contributed by atoms with E-state index < -0.39 is 0 Å². The fourth-order valence-electron chi connectivity index (χ4n) is 3.66. The average molecular weight is 150 g/mol. The van der Waals surface area contributed by atoms with Crippen molar-refractivity contribution in [3.8, 4) is 0 Å². The van der Waals surface area contributed by atoms with Crippen molar-refractivity contribution in [3.63, 3.8) is 0 Å². The van der Waals surface area contributed by atoms with Crippen LogP contribution in [0.5, 0.6) is 0 Å². The van der Waals surface area contributed by atoms with Crippen molar-refractivity contribution >= 4 is 0 Å². The van der Waals surface area contributed by atoms with E-state index in [1.54, 1.807) is 19.3 Å². The van der Waals surface area contributed by atoms with E-state index in [1.807, 2.05) is 0 Å². The topological polar surface area (TPSA) is 0 Å². The molecule has 3 rings (SSSR count). The van der Waals surface area contributed by atoms with Crippen LogP contribution in [-0.4, -0.2) is 0 Å². The first-order chi connectivity index (χ1) is 5.04. The van der Waals surface area contributed by atoms with E-state index in [-0.39, 0.29) is 0 Å². The fraction of sp³-hybridized carbons (Fsp3) is 1.00. The monoisotopic (exact) mass is 150 g/mol. The minimum atomic E-state index is 0.733. The normalized spacial score (nSPS) is 63.0. The van der Waals surface area contributed by atoms with Crippen LogP contribution in [0.15, 0.2) is 0 Å². The van der Waals surface area contributed by atoms with Gasteiger partial charge in [0.2, 0.25) is 0 Å². The van der Waals surface area contributed by atoms with Crippen LogP contribution in [0.1, 0.15) is 40.0 Å². The molecule has 0 aromatic carbocycles. The summed E-state index contributed by atoms with van der Waals surface area (Å²) >= 11 is 0. The predicted molar refractivity (Wildman–Crippen MR) is 46.2 cm³/mol. The first kappa shape index (κ1) is 6.51. The lowest BCUT2D eigenvalue weighted by molar-refractivity contribution is 0.348. The smallest absolute Gasteiger partial charge is 0.0291 e. The zero-order valence-electron chi connectivity index (χ0n) is 7.85. The van der Waals surface area contributed by atoms with E-state index in [2.05, 4.69) is 20.8 Å². The van der Waals surface area contributed by atoms with Gasteiger partial charge in [0.25, 0.3) is 0 Å². The molecule has 0 saturated heterocycles. The van der Waals surface area contributed by atoms with E-state index in [0.717, 1.165) is 28.6 Å². The lowest BCUT2D eigenvalue weighted by Gasteiger charge is -2.15. The van der Waals surface area contributed by atoms with Gasteiger partial charge in [-0.15, -0.1) is 0 Å². The third kappa shape index (κ3) is 0.625. The quantitative estimate of drug-likeness (QED) is 0.498. The van der Waals surface area contributed by atoms with Gasteiger partial charge >= 0.3 is 0 Å². The van der Waals surface area contributed by atoms with E-state index in [9.17, 15) is 0 Å². The molecule has 0 amide bonds. The van der Waals surface area contributed by atoms with Crippen molar-refractivity contribution in [1.29, 1.82) is 0 Å². The van der Waals surface area contributed by atoms with Gasteiger partial charge in [-0.05, 0) is 47.8 Å².